The van der Waals surface area contributed by atoms with Gasteiger partial charge in [-0.25, -0.2) is 9.37 Å². The first-order valence-electron chi connectivity index (χ1n) is 8.96. The molecule has 0 radical (unpaired) electrons. The molecule has 1 amide bonds. The Hall–Kier alpha value is -2.76. The number of nitrogens with zero attached hydrogens (tertiary/aromatic N) is 3. The number of hydrogen-bond acceptors (Lipinski definition) is 3. The summed E-state index contributed by atoms with van der Waals surface area (Å²) in [6, 6.07) is 6.03. The van der Waals surface area contributed by atoms with Crippen molar-refractivity contribution in [3.8, 4) is 11.3 Å². The van der Waals surface area contributed by atoms with E-state index in [4.69, 9.17) is 0 Å². The molecule has 2 aliphatic rings. The van der Waals surface area contributed by atoms with Gasteiger partial charge in [0.05, 0.1) is 17.6 Å². The first-order chi connectivity index (χ1) is 12.6. The minimum Gasteiger partial charge on any atom is -0.342 e. The van der Waals surface area contributed by atoms with Crippen LogP contribution in [0, 0.1) is 5.92 Å². The van der Waals surface area contributed by atoms with Gasteiger partial charge in [-0.1, -0.05) is 0 Å². The number of rotatable bonds is 4. The lowest BCUT2D eigenvalue weighted by atomic mass is 10.0. The van der Waals surface area contributed by atoms with Crippen molar-refractivity contribution in [2.24, 2.45) is 13.0 Å². The molecule has 26 heavy (non-hydrogen) atoms. The SMILES string of the molecule is Cn1c(-c2ccncc2C2CC2)cc2cc(NC(=O)[C@@H]3C[C@@H]3F)ncc21. The minimum absolute atomic E-state index is 0.286. The minimum atomic E-state index is -1.01. The summed E-state index contributed by atoms with van der Waals surface area (Å²) in [7, 11) is 2.02. The third-order valence-electron chi connectivity index (χ3n) is 5.37. The van der Waals surface area contributed by atoms with Crippen LogP contribution in [0.2, 0.25) is 0 Å². The zero-order valence-corrected chi connectivity index (χ0v) is 14.4. The number of pyridine rings is 2. The van der Waals surface area contributed by atoms with Crippen molar-refractivity contribution < 1.29 is 9.18 Å². The number of hydrogen-bond donors (Lipinski definition) is 1. The Morgan fingerprint density at radius 1 is 1.31 bits per heavy atom. The molecule has 0 unspecified atom stereocenters. The van der Waals surface area contributed by atoms with Crippen LogP contribution in [-0.2, 0) is 11.8 Å². The van der Waals surface area contributed by atoms with E-state index in [0.717, 1.165) is 16.6 Å². The van der Waals surface area contributed by atoms with Gasteiger partial charge >= 0.3 is 0 Å². The summed E-state index contributed by atoms with van der Waals surface area (Å²) >= 11 is 0. The number of alkyl halides is 1. The second-order valence-corrected chi connectivity index (χ2v) is 7.30. The van der Waals surface area contributed by atoms with Gasteiger partial charge in [0.15, 0.2) is 0 Å². The number of carbonyl (C=O) groups excluding carboxylic acids is 1. The normalized spacial score (nSPS) is 21.8. The Bertz CT molecular complexity index is 1020. The highest BCUT2D eigenvalue weighted by molar-refractivity contribution is 5.96. The van der Waals surface area contributed by atoms with Crippen molar-refractivity contribution in [3.63, 3.8) is 0 Å². The van der Waals surface area contributed by atoms with Gasteiger partial charge in [-0.05, 0) is 48.9 Å². The van der Waals surface area contributed by atoms with Gasteiger partial charge in [0, 0.05) is 36.1 Å². The fourth-order valence-electron chi connectivity index (χ4n) is 3.57. The van der Waals surface area contributed by atoms with E-state index in [2.05, 4.69) is 32.0 Å². The van der Waals surface area contributed by atoms with E-state index in [9.17, 15) is 9.18 Å². The van der Waals surface area contributed by atoms with Gasteiger partial charge in [-0.3, -0.25) is 9.78 Å². The molecule has 0 aromatic carbocycles. The van der Waals surface area contributed by atoms with Crippen molar-refractivity contribution in [2.75, 3.05) is 5.32 Å². The molecule has 2 aliphatic carbocycles. The van der Waals surface area contributed by atoms with Gasteiger partial charge < -0.3 is 9.88 Å². The summed E-state index contributed by atoms with van der Waals surface area (Å²) in [6.45, 7) is 0. The molecule has 3 aromatic rings. The lowest BCUT2D eigenvalue weighted by Crippen LogP contribution is -2.15. The predicted octanol–water partition coefficient (Wildman–Crippen LogP) is 3.81. The maximum atomic E-state index is 13.0. The quantitative estimate of drug-likeness (QED) is 0.778. The standard InChI is InChI=1S/C20H19FN4O/c1-25-17(13-4-5-22-9-15(13)11-2-3-11)6-12-7-19(23-10-18(12)25)24-20(26)14-8-16(14)21/h4-7,9-11,14,16H,2-3,8H2,1H3,(H,23,24,26)/t14-,16+/m1/s1. The number of amides is 1. The maximum absolute atomic E-state index is 13.0. The second-order valence-electron chi connectivity index (χ2n) is 7.30. The average Bonchev–Trinajstić information content (AvgIpc) is 3.55. The first kappa shape index (κ1) is 15.5. The van der Waals surface area contributed by atoms with Crippen LogP contribution in [0.1, 0.15) is 30.7 Å². The molecule has 3 heterocycles. The van der Waals surface area contributed by atoms with Gasteiger partial charge in [-0.2, -0.15) is 0 Å². The fourth-order valence-corrected chi connectivity index (χ4v) is 3.57. The van der Waals surface area contributed by atoms with E-state index in [1.165, 1.54) is 24.0 Å². The molecule has 5 nitrogen and oxygen atoms in total. The molecule has 0 spiro atoms. The van der Waals surface area contributed by atoms with Crippen LogP contribution in [0.3, 0.4) is 0 Å². The van der Waals surface area contributed by atoms with Crippen LogP contribution in [0.25, 0.3) is 22.2 Å². The van der Waals surface area contributed by atoms with Crippen LogP contribution in [0.4, 0.5) is 10.2 Å². The van der Waals surface area contributed by atoms with Crippen molar-refractivity contribution >= 4 is 22.6 Å². The largest absolute Gasteiger partial charge is 0.342 e. The van der Waals surface area contributed by atoms with Crippen molar-refractivity contribution in [3.05, 3.63) is 42.4 Å². The molecule has 6 heteroatoms. The molecule has 0 bridgehead atoms. The average molecular weight is 350 g/mol. The van der Waals surface area contributed by atoms with Gasteiger partial charge in [0.25, 0.3) is 0 Å². The fraction of sp³-hybridized carbons (Fsp3) is 0.350. The van der Waals surface area contributed by atoms with Crippen molar-refractivity contribution in [1.82, 2.24) is 14.5 Å². The second kappa shape index (κ2) is 5.62. The summed E-state index contributed by atoms with van der Waals surface area (Å²) in [5.41, 5.74) is 4.60. The molecule has 2 atom stereocenters. The van der Waals surface area contributed by atoms with Crippen molar-refractivity contribution in [1.29, 1.82) is 0 Å². The Morgan fingerprint density at radius 3 is 2.85 bits per heavy atom. The molecule has 3 aromatic heterocycles. The predicted molar refractivity (Wildman–Crippen MR) is 97.6 cm³/mol. The Kier molecular flexibility index (Phi) is 3.35. The van der Waals surface area contributed by atoms with E-state index in [1.54, 1.807) is 6.20 Å². The number of fused-ring (bicyclic) bond motifs is 1. The molecule has 132 valence electrons. The number of anilines is 1. The molecule has 0 aliphatic heterocycles. The highest BCUT2D eigenvalue weighted by atomic mass is 19.1. The topological polar surface area (TPSA) is 59.8 Å². The van der Waals surface area contributed by atoms with E-state index >= 15 is 0 Å². The molecule has 2 saturated carbocycles. The number of nitrogens with one attached hydrogen (secondary N) is 1. The number of halogens is 1. The number of aromatic nitrogens is 3. The maximum Gasteiger partial charge on any atom is 0.231 e. The third-order valence-corrected chi connectivity index (χ3v) is 5.37. The van der Waals surface area contributed by atoms with E-state index in [-0.39, 0.29) is 5.91 Å². The van der Waals surface area contributed by atoms with Crippen LogP contribution in [0.15, 0.2) is 36.8 Å². The Morgan fingerprint density at radius 2 is 2.12 bits per heavy atom. The molecular formula is C20H19FN4O. The zero-order valence-electron chi connectivity index (χ0n) is 14.4. The van der Waals surface area contributed by atoms with Gasteiger partial charge in [0.2, 0.25) is 5.91 Å². The van der Waals surface area contributed by atoms with Crippen LogP contribution >= 0.6 is 0 Å². The molecule has 1 N–H and O–H groups in total. The summed E-state index contributed by atoms with van der Waals surface area (Å²) < 4.78 is 15.2. The summed E-state index contributed by atoms with van der Waals surface area (Å²) in [4.78, 5) is 20.6. The number of carbonyl (C=O) groups is 1. The van der Waals surface area contributed by atoms with Crippen molar-refractivity contribution in [2.45, 2.75) is 31.4 Å². The highest BCUT2D eigenvalue weighted by Gasteiger charge is 2.43. The lowest BCUT2D eigenvalue weighted by Gasteiger charge is -2.09. The van der Waals surface area contributed by atoms with Crippen LogP contribution in [0.5, 0.6) is 0 Å². The van der Waals surface area contributed by atoms with Crippen LogP contribution in [-0.4, -0.2) is 26.6 Å². The van der Waals surface area contributed by atoms with E-state index in [0.29, 0.717) is 18.2 Å². The Balaban J connectivity index is 1.52. The molecular weight excluding hydrogens is 331 g/mol. The summed E-state index contributed by atoms with van der Waals surface area (Å²) in [6.07, 6.45) is 7.30. The summed E-state index contributed by atoms with van der Waals surface area (Å²) in [5.74, 6) is 0.273. The monoisotopic (exact) mass is 350 g/mol. The molecule has 2 fully saturated rings. The molecule has 5 rings (SSSR count). The smallest absolute Gasteiger partial charge is 0.231 e. The first-order valence-corrected chi connectivity index (χ1v) is 8.96. The third kappa shape index (κ3) is 2.57. The van der Waals surface area contributed by atoms with Gasteiger partial charge in [-0.15, -0.1) is 0 Å². The van der Waals surface area contributed by atoms with E-state index < -0.39 is 12.1 Å². The van der Waals surface area contributed by atoms with Gasteiger partial charge in [0.1, 0.15) is 12.0 Å². The van der Waals surface area contributed by atoms with E-state index in [1.807, 2.05) is 25.5 Å². The zero-order chi connectivity index (χ0) is 17.8. The Labute approximate surface area is 150 Å². The highest BCUT2D eigenvalue weighted by Crippen LogP contribution is 2.44. The van der Waals surface area contributed by atoms with Crippen LogP contribution < -0.4 is 5.32 Å². The lowest BCUT2D eigenvalue weighted by molar-refractivity contribution is -0.117. The molecule has 0 saturated heterocycles. The number of aryl methyl sites for hydroxylation is 1. The summed E-state index contributed by atoms with van der Waals surface area (Å²) in [5, 5.41) is 3.72.